The van der Waals surface area contributed by atoms with Crippen molar-refractivity contribution in [3.63, 3.8) is 0 Å². The first kappa shape index (κ1) is 13.1. The first-order valence-corrected chi connectivity index (χ1v) is 5.87. The van der Waals surface area contributed by atoms with Gasteiger partial charge in [0.1, 0.15) is 11.9 Å². The number of nitrogens with one attached hydrogen (secondary N) is 1. The highest BCUT2D eigenvalue weighted by Crippen LogP contribution is 2.17. The monoisotopic (exact) mass is 256 g/mol. The third kappa shape index (κ3) is 3.30. The van der Waals surface area contributed by atoms with Gasteiger partial charge < -0.3 is 10.4 Å². The van der Waals surface area contributed by atoms with Crippen LogP contribution in [0.15, 0.2) is 48.5 Å². The van der Waals surface area contributed by atoms with E-state index in [1.165, 1.54) is 24.3 Å². The van der Waals surface area contributed by atoms with Crippen molar-refractivity contribution in [3.8, 4) is 6.07 Å². The topological polar surface area (TPSA) is 56.0 Å². The van der Waals surface area contributed by atoms with E-state index in [0.29, 0.717) is 16.8 Å². The van der Waals surface area contributed by atoms with Crippen LogP contribution in [0.2, 0.25) is 0 Å². The summed E-state index contributed by atoms with van der Waals surface area (Å²) in [5, 5.41) is 21.9. The number of rotatable bonds is 4. The molecule has 1 unspecified atom stereocenters. The lowest BCUT2D eigenvalue weighted by molar-refractivity contribution is 0.191. The van der Waals surface area contributed by atoms with Crippen LogP contribution >= 0.6 is 0 Å². The van der Waals surface area contributed by atoms with Crippen molar-refractivity contribution in [3.05, 3.63) is 65.5 Å². The second kappa shape index (κ2) is 5.98. The quantitative estimate of drug-likeness (QED) is 0.884. The number of aliphatic hydroxyl groups excluding tert-OH is 1. The Balaban J connectivity index is 2.02. The van der Waals surface area contributed by atoms with Crippen LogP contribution in [0, 0.1) is 17.1 Å². The minimum absolute atomic E-state index is 0.254. The molecule has 2 N–H and O–H groups in total. The molecule has 0 spiro atoms. The fourth-order valence-corrected chi connectivity index (χ4v) is 1.74. The van der Waals surface area contributed by atoms with Crippen LogP contribution in [0.3, 0.4) is 0 Å². The van der Waals surface area contributed by atoms with Gasteiger partial charge >= 0.3 is 0 Å². The molecule has 96 valence electrons. The third-order valence-corrected chi connectivity index (χ3v) is 2.79. The summed E-state index contributed by atoms with van der Waals surface area (Å²) < 4.78 is 12.8. The summed E-state index contributed by atoms with van der Waals surface area (Å²) in [4.78, 5) is 0. The lowest BCUT2D eigenvalue weighted by atomic mass is 10.1. The molecular formula is C15H13FN2O. The second-order valence-corrected chi connectivity index (χ2v) is 4.11. The number of aliphatic hydroxyl groups is 1. The predicted octanol–water partition coefficient (Wildman–Crippen LogP) is 2.84. The summed E-state index contributed by atoms with van der Waals surface area (Å²) in [6.07, 6.45) is -0.757. The maximum absolute atomic E-state index is 12.8. The van der Waals surface area contributed by atoms with E-state index in [4.69, 9.17) is 5.26 Å². The number of halogens is 1. The molecule has 3 nitrogen and oxygen atoms in total. The van der Waals surface area contributed by atoms with Gasteiger partial charge in [0.15, 0.2) is 0 Å². The van der Waals surface area contributed by atoms with E-state index >= 15 is 0 Å². The molecule has 0 fully saturated rings. The van der Waals surface area contributed by atoms with Gasteiger partial charge in [0, 0.05) is 6.54 Å². The summed E-state index contributed by atoms with van der Waals surface area (Å²) in [6.45, 7) is 0.254. The maximum atomic E-state index is 12.8. The Morgan fingerprint density at radius 2 is 1.84 bits per heavy atom. The van der Waals surface area contributed by atoms with E-state index < -0.39 is 6.10 Å². The van der Waals surface area contributed by atoms with Crippen LogP contribution < -0.4 is 5.32 Å². The highest BCUT2D eigenvalue weighted by molar-refractivity contribution is 5.57. The Bertz CT molecular complexity index is 590. The highest BCUT2D eigenvalue weighted by Gasteiger charge is 2.08. The molecule has 0 aliphatic carbocycles. The molecular weight excluding hydrogens is 243 g/mol. The summed E-state index contributed by atoms with van der Waals surface area (Å²) in [5.74, 6) is -0.335. The Morgan fingerprint density at radius 3 is 2.53 bits per heavy atom. The number of hydrogen-bond donors (Lipinski definition) is 2. The lowest BCUT2D eigenvalue weighted by Crippen LogP contribution is -2.12. The number of hydrogen-bond acceptors (Lipinski definition) is 3. The number of nitriles is 1. The summed E-state index contributed by atoms with van der Waals surface area (Å²) >= 11 is 0. The molecule has 0 amide bonds. The summed E-state index contributed by atoms with van der Waals surface area (Å²) in [5.41, 5.74) is 1.82. The van der Waals surface area contributed by atoms with Gasteiger partial charge in [0.2, 0.25) is 0 Å². The van der Waals surface area contributed by atoms with Crippen LogP contribution in [-0.4, -0.2) is 11.7 Å². The van der Waals surface area contributed by atoms with E-state index in [-0.39, 0.29) is 12.4 Å². The molecule has 4 heteroatoms. The van der Waals surface area contributed by atoms with Gasteiger partial charge in [-0.05, 0) is 29.8 Å². The van der Waals surface area contributed by atoms with E-state index in [2.05, 4.69) is 11.4 Å². The Hall–Kier alpha value is -2.38. The molecule has 2 aromatic rings. The van der Waals surface area contributed by atoms with Crippen molar-refractivity contribution < 1.29 is 9.50 Å². The standard InChI is InChI=1S/C15H13FN2O/c16-13-7-5-11(6-8-13)15(19)10-18-14-4-2-1-3-12(14)9-17/h1-8,15,18-19H,10H2. The van der Waals surface area contributed by atoms with Crippen molar-refractivity contribution in [2.45, 2.75) is 6.10 Å². The molecule has 19 heavy (non-hydrogen) atoms. The van der Waals surface area contributed by atoms with Crippen molar-refractivity contribution in [1.82, 2.24) is 0 Å². The van der Waals surface area contributed by atoms with Gasteiger partial charge in [-0.25, -0.2) is 4.39 Å². The Kier molecular flexibility index (Phi) is 4.11. The van der Waals surface area contributed by atoms with E-state index in [1.807, 2.05) is 6.07 Å². The maximum Gasteiger partial charge on any atom is 0.123 e. The first-order valence-electron chi connectivity index (χ1n) is 5.87. The third-order valence-electron chi connectivity index (χ3n) is 2.79. The zero-order chi connectivity index (χ0) is 13.7. The average molecular weight is 256 g/mol. The smallest absolute Gasteiger partial charge is 0.123 e. The van der Waals surface area contributed by atoms with E-state index in [1.54, 1.807) is 18.2 Å². The molecule has 2 rings (SSSR count). The number of para-hydroxylation sites is 1. The van der Waals surface area contributed by atoms with Crippen molar-refractivity contribution in [2.75, 3.05) is 11.9 Å². The molecule has 0 radical (unpaired) electrons. The Morgan fingerprint density at radius 1 is 1.16 bits per heavy atom. The van der Waals surface area contributed by atoms with Crippen LogP contribution in [0.5, 0.6) is 0 Å². The van der Waals surface area contributed by atoms with E-state index in [0.717, 1.165) is 0 Å². The van der Waals surface area contributed by atoms with Crippen LogP contribution in [-0.2, 0) is 0 Å². The van der Waals surface area contributed by atoms with Crippen molar-refractivity contribution >= 4 is 5.69 Å². The second-order valence-electron chi connectivity index (χ2n) is 4.11. The molecule has 1 atom stereocenters. The Labute approximate surface area is 110 Å². The number of nitrogens with zero attached hydrogens (tertiary/aromatic N) is 1. The number of anilines is 1. The van der Waals surface area contributed by atoms with E-state index in [9.17, 15) is 9.50 Å². The van der Waals surface area contributed by atoms with Crippen molar-refractivity contribution in [1.29, 1.82) is 5.26 Å². The molecule has 0 aliphatic heterocycles. The van der Waals surface area contributed by atoms with Gasteiger partial charge in [0.25, 0.3) is 0 Å². The average Bonchev–Trinajstić information content (AvgIpc) is 2.45. The zero-order valence-corrected chi connectivity index (χ0v) is 10.2. The molecule has 0 heterocycles. The normalized spacial score (nSPS) is 11.6. The van der Waals surface area contributed by atoms with Gasteiger partial charge in [0.05, 0.1) is 17.4 Å². The minimum Gasteiger partial charge on any atom is -0.387 e. The zero-order valence-electron chi connectivity index (χ0n) is 10.2. The minimum atomic E-state index is -0.757. The molecule has 0 aliphatic rings. The molecule has 0 aromatic heterocycles. The van der Waals surface area contributed by atoms with Crippen LogP contribution in [0.25, 0.3) is 0 Å². The number of benzene rings is 2. The highest BCUT2D eigenvalue weighted by atomic mass is 19.1. The van der Waals surface area contributed by atoms with Crippen LogP contribution in [0.1, 0.15) is 17.2 Å². The van der Waals surface area contributed by atoms with Gasteiger partial charge in [-0.15, -0.1) is 0 Å². The van der Waals surface area contributed by atoms with Gasteiger partial charge in [-0.1, -0.05) is 24.3 Å². The largest absolute Gasteiger partial charge is 0.387 e. The van der Waals surface area contributed by atoms with Crippen molar-refractivity contribution in [2.24, 2.45) is 0 Å². The predicted molar refractivity (Wildman–Crippen MR) is 71.0 cm³/mol. The molecule has 0 bridgehead atoms. The summed E-state index contributed by atoms with van der Waals surface area (Å²) in [7, 11) is 0. The molecule has 2 aromatic carbocycles. The fourth-order valence-electron chi connectivity index (χ4n) is 1.74. The van der Waals surface area contributed by atoms with Gasteiger partial charge in [-0.3, -0.25) is 0 Å². The summed E-state index contributed by atoms with van der Waals surface area (Å²) in [6, 6.07) is 14.8. The lowest BCUT2D eigenvalue weighted by Gasteiger charge is -2.13. The SMILES string of the molecule is N#Cc1ccccc1NCC(O)c1ccc(F)cc1. The molecule has 0 saturated heterocycles. The first-order chi connectivity index (χ1) is 9.20. The molecule has 0 saturated carbocycles. The fraction of sp³-hybridized carbons (Fsp3) is 0.133. The van der Waals surface area contributed by atoms with Crippen LogP contribution in [0.4, 0.5) is 10.1 Å². The van der Waals surface area contributed by atoms with Gasteiger partial charge in [-0.2, -0.15) is 5.26 Å².